The smallest absolute Gasteiger partial charge is 0.0972 e. The Morgan fingerprint density at radius 1 is 0.377 bits per heavy atom. The van der Waals surface area contributed by atoms with Gasteiger partial charge in [0.1, 0.15) is 0 Å². The Bertz CT molecular complexity index is 3200. The number of benzene rings is 7. The highest BCUT2D eigenvalue weighted by Crippen LogP contribution is 2.41. The van der Waals surface area contributed by atoms with Crippen molar-refractivity contribution in [3.05, 3.63) is 182 Å². The molecule has 246 valence electrons. The van der Waals surface area contributed by atoms with Crippen molar-refractivity contribution in [2.75, 3.05) is 0 Å². The monoisotopic (exact) mass is 674 g/mol. The van der Waals surface area contributed by atoms with Gasteiger partial charge >= 0.3 is 0 Å². The molecular formula is C49H30N4. The lowest BCUT2D eigenvalue weighted by Gasteiger charge is -2.13. The zero-order valence-corrected chi connectivity index (χ0v) is 28.6. The molecule has 0 aliphatic carbocycles. The van der Waals surface area contributed by atoms with E-state index in [4.69, 9.17) is 9.97 Å². The molecule has 4 nitrogen and oxygen atoms in total. The van der Waals surface area contributed by atoms with Crippen LogP contribution in [0.15, 0.2) is 182 Å². The molecule has 0 bridgehead atoms. The molecule has 0 atom stereocenters. The van der Waals surface area contributed by atoms with Crippen molar-refractivity contribution in [3.8, 4) is 39.3 Å². The van der Waals surface area contributed by atoms with Gasteiger partial charge in [-0.3, -0.25) is 4.98 Å². The van der Waals surface area contributed by atoms with E-state index in [0.29, 0.717) is 0 Å². The van der Waals surface area contributed by atoms with Crippen LogP contribution in [0.4, 0.5) is 0 Å². The van der Waals surface area contributed by atoms with Crippen molar-refractivity contribution in [1.29, 1.82) is 0 Å². The number of fused-ring (bicyclic) bond motifs is 10. The molecule has 4 heteroatoms. The van der Waals surface area contributed by atoms with Crippen LogP contribution in [0.1, 0.15) is 0 Å². The van der Waals surface area contributed by atoms with Crippen LogP contribution >= 0.6 is 0 Å². The molecule has 0 spiro atoms. The maximum absolute atomic E-state index is 5.51. The Kier molecular flexibility index (Phi) is 6.52. The van der Waals surface area contributed by atoms with E-state index in [1.165, 1.54) is 16.2 Å². The molecule has 0 amide bonds. The highest BCUT2D eigenvalue weighted by atomic mass is 15.0. The van der Waals surface area contributed by atoms with Gasteiger partial charge in [0.05, 0.1) is 39.0 Å². The third kappa shape index (κ3) is 4.66. The Morgan fingerprint density at radius 2 is 1.06 bits per heavy atom. The summed E-state index contributed by atoms with van der Waals surface area (Å²) in [5.74, 6) is 0. The average molecular weight is 675 g/mol. The van der Waals surface area contributed by atoms with Crippen molar-refractivity contribution < 1.29 is 0 Å². The van der Waals surface area contributed by atoms with Crippen molar-refractivity contribution in [2.24, 2.45) is 0 Å². The van der Waals surface area contributed by atoms with Gasteiger partial charge in [-0.1, -0.05) is 140 Å². The van der Waals surface area contributed by atoms with Crippen LogP contribution in [0.25, 0.3) is 105 Å². The summed E-state index contributed by atoms with van der Waals surface area (Å²) < 4.78 is 2.39. The first kappa shape index (κ1) is 29.5. The summed E-state index contributed by atoms with van der Waals surface area (Å²) >= 11 is 0. The van der Waals surface area contributed by atoms with Gasteiger partial charge in [-0.25, -0.2) is 9.97 Å². The molecule has 53 heavy (non-hydrogen) atoms. The molecule has 0 aliphatic rings. The fraction of sp³-hybridized carbons (Fsp3) is 0. The molecule has 11 rings (SSSR count). The highest BCUT2D eigenvalue weighted by Gasteiger charge is 2.20. The van der Waals surface area contributed by atoms with Crippen LogP contribution in [0.5, 0.6) is 0 Å². The lowest BCUT2D eigenvalue weighted by Crippen LogP contribution is -1.96. The third-order valence-electron chi connectivity index (χ3n) is 10.6. The molecule has 4 heterocycles. The predicted molar refractivity (Wildman–Crippen MR) is 220 cm³/mol. The van der Waals surface area contributed by atoms with E-state index in [-0.39, 0.29) is 0 Å². The topological polar surface area (TPSA) is 43.6 Å². The molecule has 0 fully saturated rings. The van der Waals surface area contributed by atoms with Crippen LogP contribution in [-0.2, 0) is 0 Å². The molecule has 0 unspecified atom stereocenters. The standard InChI is InChI=1S/C49H30N4/c1-3-10-33(11-4-1)45-39-16-8-7-15-38(39)40-25-26-41-42-30-36(24-28-44(42)53(49(41)48(40)52-45)37-13-5-2-6-14-37)31-17-19-32(20-18-31)43-27-23-35-22-21-34-12-9-29-50-46(34)47(35)51-43/h1-30H. The van der Waals surface area contributed by atoms with Crippen LogP contribution in [0.3, 0.4) is 0 Å². The fourth-order valence-electron chi connectivity index (χ4n) is 8.08. The first-order valence-electron chi connectivity index (χ1n) is 17.9. The number of hydrogen-bond acceptors (Lipinski definition) is 3. The number of para-hydroxylation sites is 1. The van der Waals surface area contributed by atoms with Crippen LogP contribution in [0.2, 0.25) is 0 Å². The third-order valence-corrected chi connectivity index (χ3v) is 10.6. The van der Waals surface area contributed by atoms with Crippen molar-refractivity contribution in [1.82, 2.24) is 19.5 Å². The minimum Gasteiger partial charge on any atom is -0.307 e. The Morgan fingerprint density at radius 3 is 1.89 bits per heavy atom. The van der Waals surface area contributed by atoms with E-state index in [1.807, 2.05) is 12.3 Å². The molecule has 0 aliphatic heterocycles. The van der Waals surface area contributed by atoms with Crippen LogP contribution in [-0.4, -0.2) is 19.5 Å². The van der Waals surface area contributed by atoms with Crippen LogP contribution < -0.4 is 0 Å². The summed E-state index contributed by atoms with van der Waals surface area (Å²) in [6, 6.07) is 62.5. The summed E-state index contributed by atoms with van der Waals surface area (Å²) in [4.78, 5) is 15.2. The maximum Gasteiger partial charge on any atom is 0.0972 e. The predicted octanol–water partition coefficient (Wildman–Crippen LogP) is 12.6. The van der Waals surface area contributed by atoms with Gasteiger partial charge < -0.3 is 4.57 Å². The van der Waals surface area contributed by atoms with Gasteiger partial charge in [0, 0.05) is 55.3 Å². The summed E-state index contributed by atoms with van der Waals surface area (Å²) in [7, 11) is 0. The van der Waals surface area contributed by atoms with Crippen molar-refractivity contribution >= 4 is 65.3 Å². The van der Waals surface area contributed by atoms with Gasteiger partial charge in [0.15, 0.2) is 0 Å². The second kappa shape index (κ2) is 11.7. The molecule has 11 aromatic rings. The lowest BCUT2D eigenvalue weighted by atomic mass is 9.98. The second-order valence-corrected chi connectivity index (χ2v) is 13.6. The number of pyridine rings is 3. The Balaban J connectivity index is 1.10. The number of rotatable bonds is 4. The highest BCUT2D eigenvalue weighted by molar-refractivity contribution is 6.23. The largest absolute Gasteiger partial charge is 0.307 e. The van der Waals surface area contributed by atoms with Crippen molar-refractivity contribution in [2.45, 2.75) is 0 Å². The van der Waals surface area contributed by atoms with E-state index < -0.39 is 0 Å². The average Bonchev–Trinajstić information content (AvgIpc) is 3.58. The number of aromatic nitrogens is 4. The fourth-order valence-corrected chi connectivity index (χ4v) is 8.08. The summed E-state index contributed by atoms with van der Waals surface area (Å²) in [6.45, 7) is 0. The zero-order valence-electron chi connectivity index (χ0n) is 28.6. The summed E-state index contributed by atoms with van der Waals surface area (Å²) in [5, 5.41) is 8.06. The normalized spacial score (nSPS) is 11.8. The quantitative estimate of drug-likeness (QED) is 0.175. The molecule has 0 radical (unpaired) electrons. The van der Waals surface area contributed by atoms with Gasteiger partial charge in [-0.2, -0.15) is 0 Å². The van der Waals surface area contributed by atoms with E-state index in [0.717, 1.165) is 88.5 Å². The Hall–Kier alpha value is -7.17. The molecule has 0 saturated heterocycles. The van der Waals surface area contributed by atoms with Crippen LogP contribution in [0, 0.1) is 0 Å². The van der Waals surface area contributed by atoms with E-state index >= 15 is 0 Å². The van der Waals surface area contributed by atoms with Gasteiger partial charge in [-0.15, -0.1) is 0 Å². The summed E-state index contributed by atoms with van der Waals surface area (Å²) in [5.41, 5.74) is 12.7. The lowest BCUT2D eigenvalue weighted by molar-refractivity contribution is 1.18. The second-order valence-electron chi connectivity index (χ2n) is 13.6. The van der Waals surface area contributed by atoms with Crippen molar-refractivity contribution in [3.63, 3.8) is 0 Å². The van der Waals surface area contributed by atoms with Gasteiger partial charge in [0.25, 0.3) is 0 Å². The summed E-state index contributed by atoms with van der Waals surface area (Å²) in [6.07, 6.45) is 1.84. The van der Waals surface area contributed by atoms with E-state index in [9.17, 15) is 0 Å². The van der Waals surface area contributed by atoms with E-state index in [2.05, 4.69) is 179 Å². The molecule has 0 saturated carbocycles. The van der Waals surface area contributed by atoms with Gasteiger partial charge in [0.2, 0.25) is 0 Å². The first-order chi connectivity index (χ1) is 26.3. The Labute approximate surface area is 305 Å². The zero-order chi connectivity index (χ0) is 34.9. The van der Waals surface area contributed by atoms with Gasteiger partial charge in [-0.05, 0) is 52.9 Å². The number of nitrogens with zero attached hydrogens (tertiary/aromatic N) is 4. The van der Waals surface area contributed by atoms with E-state index in [1.54, 1.807) is 0 Å². The SMILES string of the molecule is c1ccc(-c2nc3c(ccc4c5cc(-c6ccc(-c7ccc8ccc9cccnc9c8n7)cc6)ccc5n(-c5ccccc5)c43)c3ccccc23)cc1. The molecule has 4 aromatic heterocycles. The maximum atomic E-state index is 5.51. The number of hydrogen-bond donors (Lipinski definition) is 0. The molecule has 7 aromatic carbocycles. The minimum atomic E-state index is 0.927. The minimum absolute atomic E-state index is 0.927. The molecule has 0 N–H and O–H groups in total. The molecular weight excluding hydrogens is 645 g/mol. The first-order valence-corrected chi connectivity index (χ1v) is 17.9.